The summed E-state index contributed by atoms with van der Waals surface area (Å²) in [7, 11) is 3.05. The molecule has 1 aliphatic rings. The third-order valence-corrected chi connectivity index (χ3v) is 4.99. The molecule has 2 heterocycles. The van der Waals surface area contributed by atoms with Gasteiger partial charge in [0.05, 0.1) is 31.4 Å². The molecule has 4 N–H and O–H groups in total. The topological polar surface area (TPSA) is 134 Å². The number of para-hydroxylation sites is 2. The number of anilines is 4. The molecule has 10 heteroatoms. The number of carbonyl (C=O) groups excluding carboxylic acids is 2. The van der Waals surface area contributed by atoms with Crippen molar-refractivity contribution in [2.75, 3.05) is 30.2 Å². The average molecular weight is 435 g/mol. The van der Waals surface area contributed by atoms with Gasteiger partial charge in [0.2, 0.25) is 17.8 Å². The summed E-state index contributed by atoms with van der Waals surface area (Å²) in [5.74, 6) is -0.605. The molecule has 164 valence electrons. The molecule has 0 spiro atoms. The second kappa shape index (κ2) is 8.80. The number of ether oxygens (including phenoxy) is 2. The van der Waals surface area contributed by atoms with Crippen LogP contribution in [0.5, 0.6) is 11.5 Å². The lowest BCUT2D eigenvalue weighted by Gasteiger charge is -2.24. The monoisotopic (exact) mass is 435 g/mol. The number of fused-ring (bicyclic) bond motifs is 1. The molecule has 1 atom stereocenters. The van der Waals surface area contributed by atoms with E-state index in [1.807, 2.05) is 0 Å². The Morgan fingerprint density at radius 2 is 1.81 bits per heavy atom. The van der Waals surface area contributed by atoms with Crippen LogP contribution in [0, 0.1) is 0 Å². The number of nitrogens with zero attached hydrogens (tertiary/aromatic N) is 1. The first-order valence-corrected chi connectivity index (χ1v) is 9.77. The van der Waals surface area contributed by atoms with Crippen LogP contribution in [0.4, 0.5) is 23.1 Å². The summed E-state index contributed by atoms with van der Waals surface area (Å²) in [6.45, 7) is 0. The zero-order valence-electron chi connectivity index (χ0n) is 17.4. The predicted molar refractivity (Wildman–Crippen MR) is 119 cm³/mol. The molecule has 1 aromatic heterocycles. The number of aromatic amines is 1. The molecule has 0 aliphatic carbocycles. The van der Waals surface area contributed by atoms with Gasteiger partial charge in [0.1, 0.15) is 17.3 Å². The molecule has 0 saturated carbocycles. The zero-order chi connectivity index (χ0) is 22.7. The summed E-state index contributed by atoms with van der Waals surface area (Å²) in [5.41, 5.74) is 0.666. The van der Waals surface area contributed by atoms with E-state index < -0.39 is 23.3 Å². The second-order valence-electron chi connectivity index (χ2n) is 7.02. The zero-order valence-corrected chi connectivity index (χ0v) is 17.4. The number of methoxy groups -OCH3 is 2. The van der Waals surface area contributed by atoms with Gasteiger partial charge in [-0.2, -0.15) is 4.98 Å². The summed E-state index contributed by atoms with van der Waals surface area (Å²) in [6, 6.07) is 13.9. The number of amides is 2. The van der Waals surface area contributed by atoms with Crippen LogP contribution in [0.15, 0.2) is 53.3 Å². The molecule has 1 unspecified atom stereocenters. The molecule has 10 nitrogen and oxygen atoms in total. The molecular weight excluding hydrogens is 414 g/mol. The summed E-state index contributed by atoms with van der Waals surface area (Å²) >= 11 is 0. The van der Waals surface area contributed by atoms with Gasteiger partial charge in [-0.25, -0.2) is 0 Å². The van der Waals surface area contributed by atoms with E-state index in [0.29, 0.717) is 22.9 Å². The molecule has 0 fully saturated rings. The normalized spacial score (nSPS) is 14.7. The van der Waals surface area contributed by atoms with Crippen molar-refractivity contribution in [1.82, 2.24) is 9.97 Å². The average Bonchev–Trinajstić information content (AvgIpc) is 2.79. The van der Waals surface area contributed by atoms with Gasteiger partial charge in [-0.1, -0.05) is 12.1 Å². The molecular formula is C22H21N5O5. The molecule has 0 radical (unpaired) electrons. The Bertz CT molecular complexity index is 1220. The smallest absolute Gasteiger partial charge is 0.258 e. The van der Waals surface area contributed by atoms with Crippen molar-refractivity contribution in [2.45, 2.75) is 12.3 Å². The van der Waals surface area contributed by atoms with Gasteiger partial charge in [-0.3, -0.25) is 19.4 Å². The highest BCUT2D eigenvalue weighted by Gasteiger charge is 2.35. The first kappa shape index (κ1) is 20.9. The van der Waals surface area contributed by atoms with Crippen LogP contribution in [-0.2, 0) is 9.59 Å². The van der Waals surface area contributed by atoms with Crippen LogP contribution < -0.4 is 31.0 Å². The van der Waals surface area contributed by atoms with Crippen molar-refractivity contribution < 1.29 is 19.1 Å². The number of hydrogen-bond acceptors (Lipinski definition) is 7. The molecule has 0 bridgehead atoms. The van der Waals surface area contributed by atoms with Crippen molar-refractivity contribution in [1.29, 1.82) is 0 Å². The Balaban J connectivity index is 1.62. The second-order valence-corrected chi connectivity index (χ2v) is 7.02. The number of H-pyrrole nitrogens is 1. The molecule has 1 aliphatic heterocycles. The lowest BCUT2D eigenvalue weighted by Crippen LogP contribution is -2.36. The Kier molecular flexibility index (Phi) is 5.75. The summed E-state index contributed by atoms with van der Waals surface area (Å²) in [4.78, 5) is 45.0. The lowest BCUT2D eigenvalue weighted by molar-refractivity contribution is -0.123. The van der Waals surface area contributed by atoms with Crippen molar-refractivity contribution in [3.05, 3.63) is 64.4 Å². The quantitative estimate of drug-likeness (QED) is 0.467. The largest absolute Gasteiger partial charge is 0.497 e. The molecule has 0 saturated heterocycles. The molecule has 3 aromatic rings. The van der Waals surface area contributed by atoms with E-state index >= 15 is 0 Å². The van der Waals surface area contributed by atoms with Gasteiger partial charge in [0, 0.05) is 12.1 Å². The predicted octanol–water partition coefficient (Wildman–Crippen LogP) is 2.60. The van der Waals surface area contributed by atoms with E-state index in [2.05, 4.69) is 25.9 Å². The number of carbonyl (C=O) groups is 2. The number of hydrogen-bond donors (Lipinski definition) is 4. The Labute approximate surface area is 183 Å². The van der Waals surface area contributed by atoms with Gasteiger partial charge in [-0.05, 0) is 36.4 Å². The van der Waals surface area contributed by atoms with Crippen molar-refractivity contribution in [3.63, 3.8) is 0 Å². The van der Waals surface area contributed by atoms with Crippen molar-refractivity contribution >= 4 is 35.0 Å². The highest BCUT2D eigenvalue weighted by atomic mass is 16.5. The fourth-order valence-corrected chi connectivity index (χ4v) is 3.43. The van der Waals surface area contributed by atoms with E-state index in [0.717, 1.165) is 0 Å². The summed E-state index contributed by atoms with van der Waals surface area (Å²) in [5, 5.41) is 8.28. The fourth-order valence-electron chi connectivity index (χ4n) is 3.43. The minimum absolute atomic E-state index is 0.0428. The van der Waals surface area contributed by atoms with E-state index in [4.69, 9.17) is 9.47 Å². The van der Waals surface area contributed by atoms with Gasteiger partial charge >= 0.3 is 0 Å². The van der Waals surface area contributed by atoms with Gasteiger partial charge in [0.25, 0.3) is 5.56 Å². The van der Waals surface area contributed by atoms with Crippen molar-refractivity contribution in [3.8, 4) is 11.5 Å². The number of benzene rings is 2. The summed E-state index contributed by atoms with van der Waals surface area (Å²) < 4.78 is 10.4. The third-order valence-electron chi connectivity index (χ3n) is 4.99. The van der Waals surface area contributed by atoms with E-state index in [1.165, 1.54) is 7.11 Å². The van der Waals surface area contributed by atoms with Crippen LogP contribution >= 0.6 is 0 Å². The van der Waals surface area contributed by atoms with Gasteiger partial charge < -0.3 is 25.4 Å². The maximum absolute atomic E-state index is 13.0. The highest BCUT2D eigenvalue weighted by Crippen LogP contribution is 2.31. The molecule has 2 aromatic carbocycles. The van der Waals surface area contributed by atoms with E-state index in [1.54, 1.807) is 55.6 Å². The van der Waals surface area contributed by atoms with Crippen LogP contribution in [0.25, 0.3) is 0 Å². The molecule has 32 heavy (non-hydrogen) atoms. The third kappa shape index (κ3) is 4.24. The van der Waals surface area contributed by atoms with Crippen LogP contribution in [0.3, 0.4) is 0 Å². The van der Waals surface area contributed by atoms with Gasteiger partial charge in [-0.15, -0.1) is 0 Å². The lowest BCUT2D eigenvalue weighted by atomic mass is 9.92. The first-order valence-electron chi connectivity index (χ1n) is 9.77. The van der Waals surface area contributed by atoms with Crippen molar-refractivity contribution in [2.24, 2.45) is 0 Å². The Morgan fingerprint density at radius 3 is 2.53 bits per heavy atom. The van der Waals surface area contributed by atoms with Crippen LogP contribution in [0.1, 0.15) is 17.9 Å². The standard InChI is InChI=1S/C22H21N5O5/c1-31-13-9-7-12(8-10-13)23-22-26-19-18(21(30)27-22)14(11-17(28)25-19)20(29)24-15-5-3-4-6-16(15)32-2/h3-10,14H,11H2,1-2H3,(H,24,29)(H3,23,25,26,27,28,30). The number of rotatable bonds is 6. The summed E-state index contributed by atoms with van der Waals surface area (Å²) in [6.07, 6.45) is -0.177. The first-order chi connectivity index (χ1) is 15.5. The van der Waals surface area contributed by atoms with Gasteiger partial charge in [0.15, 0.2) is 0 Å². The minimum Gasteiger partial charge on any atom is -0.497 e. The number of nitrogens with one attached hydrogen (secondary N) is 4. The minimum atomic E-state index is -1.00. The molecule has 2 amide bonds. The maximum atomic E-state index is 13.0. The highest BCUT2D eigenvalue weighted by molar-refractivity contribution is 6.05. The van der Waals surface area contributed by atoms with Crippen LogP contribution in [0.2, 0.25) is 0 Å². The number of aromatic nitrogens is 2. The molecule has 4 rings (SSSR count). The van der Waals surface area contributed by atoms with E-state index in [9.17, 15) is 14.4 Å². The fraction of sp³-hybridized carbons (Fsp3) is 0.182. The van der Waals surface area contributed by atoms with Crippen LogP contribution in [-0.4, -0.2) is 36.0 Å². The Morgan fingerprint density at radius 1 is 1.06 bits per heavy atom. The SMILES string of the molecule is COc1ccc(Nc2nc3c(c(=O)[nH]2)C(C(=O)Nc2ccccc2OC)CC(=O)N3)cc1. The van der Waals surface area contributed by atoms with E-state index in [-0.39, 0.29) is 23.8 Å². The maximum Gasteiger partial charge on any atom is 0.258 e. The Hall–Kier alpha value is -4.34.